The van der Waals surface area contributed by atoms with Gasteiger partial charge in [0.05, 0.1) is 11.4 Å². The summed E-state index contributed by atoms with van der Waals surface area (Å²) >= 11 is 12.2. The van der Waals surface area contributed by atoms with E-state index in [4.69, 9.17) is 27.9 Å². The number of carbonyl (C=O) groups is 2. The van der Waals surface area contributed by atoms with Crippen LogP contribution in [0.15, 0.2) is 54.6 Å². The largest absolute Gasteiger partial charge is 0.480 e. The number of carbonyl (C=O) groups excluding carboxylic acids is 1. The first-order valence-corrected chi connectivity index (χ1v) is 9.53. The summed E-state index contributed by atoms with van der Waals surface area (Å²) in [4.78, 5) is 26.0. The number of alkyl halides is 2. The molecule has 1 amide bonds. The third-order valence-corrected chi connectivity index (χ3v) is 5.47. The minimum absolute atomic E-state index is 0.131. The molecule has 0 bridgehead atoms. The summed E-state index contributed by atoms with van der Waals surface area (Å²) in [6.45, 7) is 5.38. The zero-order valence-electron chi connectivity index (χ0n) is 15.8. The summed E-state index contributed by atoms with van der Waals surface area (Å²) in [5.41, 5.74) is -0.334. The maximum atomic E-state index is 12.8. The Bertz CT molecular complexity index is 891. The minimum Gasteiger partial charge on any atom is -0.480 e. The lowest BCUT2D eigenvalue weighted by atomic mass is 9.95. The number of ether oxygens (including phenoxy) is 1. The first-order chi connectivity index (χ1) is 13.0. The highest BCUT2D eigenvalue weighted by molar-refractivity contribution is 6.54. The molecule has 1 fully saturated rings. The van der Waals surface area contributed by atoms with Crippen LogP contribution in [0.1, 0.15) is 32.8 Å². The van der Waals surface area contributed by atoms with Gasteiger partial charge in [-0.25, -0.2) is 9.69 Å². The average molecular weight is 422 g/mol. The van der Waals surface area contributed by atoms with Gasteiger partial charge in [0.2, 0.25) is 0 Å². The van der Waals surface area contributed by atoms with Crippen LogP contribution in [-0.4, -0.2) is 27.1 Å². The Kier molecular flexibility index (Phi) is 5.11. The van der Waals surface area contributed by atoms with Crippen LogP contribution in [-0.2, 0) is 14.9 Å². The lowest BCUT2D eigenvalue weighted by molar-refractivity contribution is -0.140. The third kappa shape index (κ3) is 3.69. The van der Waals surface area contributed by atoms with Crippen molar-refractivity contribution in [3.63, 3.8) is 0 Å². The summed E-state index contributed by atoms with van der Waals surface area (Å²) in [6, 6.07) is 15.7. The zero-order chi connectivity index (χ0) is 20.7. The molecule has 0 aliphatic heterocycles. The smallest absolute Gasteiger partial charge is 0.419 e. The number of benzene rings is 2. The lowest BCUT2D eigenvalue weighted by Gasteiger charge is -2.28. The number of hydrogen-bond donors (Lipinski definition) is 1. The van der Waals surface area contributed by atoms with Crippen LogP contribution < -0.4 is 4.90 Å². The molecule has 28 heavy (non-hydrogen) atoms. The van der Waals surface area contributed by atoms with Gasteiger partial charge in [0.15, 0.2) is 0 Å². The molecule has 2 aromatic rings. The number of anilines is 2. The third-order valence-electron chi connectivity index (χ3n) is 4.56. The summed E-state index contributed by atoms with van der Waals surface area (Å²) in [5.74, 6) is -1.07. The van der Waals surface area contributed by atoms with Crippen molar-refractivity contribution in [1.29, 1.82) is 0 Å². The quantitative estimate of drug-likeness (QED) is 0.646. The molecule has 2 aromatic carbocycles. The molecule has 0 heterocycles. The fourth-order valence-electron chi connectivity index (χ4n) is 3.10. The average Bonchev–Trinajstić information content (AvgIpc) is 3.19. The molecule has 5 nitrogen and oxygen atoms in total. The molecule has 0 radical (unpaired) electrons. The van der Waals surface area contributed by atoms with E-state index >= 15 is 0 Å². The van der Waals surface area contributed by atoms with Crippen LogP contribution in [0.3, 0.4) is 0 Å². The summed E-state index contributed by atoms with van der Waals surface area (Å²) in [7, 11) is 0. The second-order valence-corrected chi connectivity index (χ2v) is 9.27. The van der Waals surface area contributed by atoms with Crippen LogP contribution >= 0.6 is 23.2 Å². The van der Waals surface area contributed by atoms with Crippen LogP contribution in [0, 0.1) is 0 Å². The van der Waals surface area contributed by atoms with E-state index in [1.54, 1.807) is 57.2 Å². The topological polar surface area (TPSA) is 66.8 Å². The van der Waals surface area contributed by atoms with E-state index in [1.165, 1.54) is 4.90 Å². The summed E-state index contributed by atoms with van der Waals surface area (Å²) < 4.78 is 4.20. The molecule has 1 saturated carbocycles. The molecular weight excluding hydrogens is 401 g/mol. The Hall–Kier alpha value is -2.24. The van der Waals surface area contributed by atoms with Gasteiger partial charge in [-0.3, -0.25) is 4.79 Å². The van der Waals surface area contributed by atoms with Crippen molar-refractivity contribution in [1.82, 2.24) is 0 Å². The highest BCUT2D eigenvalue weighted by Gasteiger charge is 2.72. The number of para-hydroxylation sites is 1. The predicted octanol–water partition coefficient (Wildman–Crippen LogP) is 5.66. The van der Waals surface area contributed by atoms with Crippen LogP contribution in [0.2, 0.25) is 0 Å². The molecule has 148 valence electrons. The van der Waals surface area contributed by atoms with E-state index in [0.29, 0.717) is 16.9 Å². The lowest BCUT2D eigenvalue weighted by Crippen LogP contribution is -2.34. The van der Waals surface area contributed by atoms with Gasteiger partial charge in [-0.15, -0.1) is 0 Å². The van der Waals surface area contributed by atoms with E-state index in [-0.39, 0.29) is 6.42 Å². The molecular formula is C21H21Cl2NO4. The van der Waals surface area contributed by atoms with Gasteiger partial charge in [-0.2, -0.15) is 0 Å². The number of carboxylic acids is 1. The number of amides is 1. The van der Waals surface area contributed by atoms with E-state index < -0.39 is 27.4 Å². The number of halogens is 2. The Labute approximate surface area is 173 Å². The van der Waals surface area contributed by atoms with Crippen molar-refractivity contribution in [2.75, 3.05) is 4.90 Å². The Morgan fingerprint density at radius 1 is 1.00 bits per heavy atom. The van der Waals surface area contributed by atoms with Crippen LogP contribution in [0.5, 0.6) is 0 Å². The van der Waals surface area contributed by atoms with Crippen molar-refractivity contribution in [2.24, 2.45) is 0 Å². The number of carboxylic acid groups (broad SMARTS) is 1. The molecule has 0 saturated heterocycles. The van der Waals surface area contributed by atoms with Gasteiger partial charge in [0.25, 0.3) is 0 Å². The maximum Gasteiger partial charge on any atom is 0.419 e. The van der Waals surface area contributed by atoms with E-state index in [2.05, 4.69) is 0 Å². The molecule has 0 spiro atoms. The molecule has 1 aliphatic carbocycles. The number of rotatable bonds is 4. The Morgan fingerprint density at radius 2 is 1.50 bits per heavy atom. The van der Waals surface area contributed by atoms with Gasteiger partial charge in [-0.05, 0) is 50.6 Å². The van der Waals surface area contributed by atoms with Crippen LogP contribution in [0.4, 0.5) is 16.2 Å². The molecule has 0 aromatic heterocycles. The summed E-state index contributed by atoms with van der Waals surface area (Å²) in [6.07, 6.45) is -0.401. The molecule has 7 heteroatoms. The van der Waals surface area contributed by atoms with E-state index in [9.17, 15) is 14.7 Å². The minimum atomic E-state index is -1.34. The Balaban J connectivity index is 1.98. The number of nitrogens with zero attached hydrogens (tertiary/aromatic N) is 1. The highest BCUT2D eigenvalue weighted by atomic mass is 35.5. The standard InChI is InChI=1S/C21H21Cl2NO4/c1-19(2,3)28-18(27)24(15-7-5-4-6-8-15)16-11-9-14(10-12-16)20(17(25)26)13-21(20,22)23/h4-12H,13H2,1-3H3,(H,25,26). The van der Waals surface area contributed by atoms with Crippen molar-refractivity contribution in [2.45, 2.75) is 42.5 Å². The van der Waals surface area contributed by atoms with Crippen molar-refractivity contribution in [3.05, 3.63) is 60.2 Å². The second kappa shape index (κ2) is 6.98. The normalized spacial score (nSPS) is 20.3. The Morgan fingerprint density at radius 3 is 1.93 bits per heavy atom. The molecule has 3 rings (SSSR count). The molecule has 1 aliphatic rings. The first kappa shape index (κ1) is 20.5. The fourth-order valence-corrected chi connectivity index (χ4v) is 3.88. The number of aliphatic carboxylic acids is 1. The van der Waals surface area contributed by atoms with E-state index in [1.807, 2.05) is 18.2 Å². The van der Waals surface area contributed by atoms with E-state index in [0.717, 1.165) is 0 Å². The van der Waals surface area contributed by atoms with Crippen LogP contribution in [0.25, 0.3) is 0 Å². The van der Waals surface area contributed by atoms with Gasteiger partial charge in [0.1, 0.15) is 15.3 Å². The zero-order valence-corrected chi connectivity index (χ0v) is 17.3. The maximum absolute atomic E-state index is 12.8. The highest BCUT2D eigenvalue weighted by Crippen LogP contribution is 2.65. The van der Waals surface area contributed by atoms with Gasteiger partial charge in [0, 0.05) is 6.42 Å². The summed E-state index contributed by atoms with van der Waals surface area (Å²) in [5, 5.41) is 9.61. The van der Waals surface area contributed by atoms with Crippen molar-refractivity contribution < 1.29 is 19.4 Å². The van der Waals surface area contributed by atoms with Gasteiger partial charge < -0.3 is 9.84 Å². The monoisotopic (exact) mass is 421 g/mol. The van der Waals surface area contributed by atoms with Gasteiger partial charge in [-0.1, -0.05) is 53.5 Å². The van der Waals surface area contributed by atoms with Crippen molar-refractivity contribution in [3.8, 4) is 0 Å². The van der Waals surface area contributed by atoms with Crippen molar-refractivity contribution >= 4 is 46.6 Å². The predicted molar refractivity (Wildman–Crippen MR) is 110 cm³/mol. The SMILES string of the molecule is CC(C)(C)OC(=O)N(c1ccccc1)c1ccc(C2(C(=O)O)CC2(Cl)Cl)cc1. The molecule has 1 N–H and O–H groups in total. The fraction of sp³-hybridized carbons (Fsp3) is 0.333. The molecule has 1 unspecified atom stereocenters. The second-order valence-electron chi connectivity index (χ2n) is 7.79. The number of hydrogen-bond acceptors (Lipinski definition) is 3. The first-order valence-electron chi connectivity index (χ1n) is 8.78. The molecule has 1 atom stereocenters. The van der Waals surface area contributed by atoms with Gasteiger partial charge >= 0.3 is 12.1 Å².